The largest absolute Gasteiger partial charge is 0.399 e. The lowest BCUT2D eigenvalue weighted by Gasteiger charge is -2.08. The predicted molar refractivity (Wildman–Crippen MR) is 65.5 cm³/mol. The van der Waals surface area contributed by atoms with Crippen LogP contribution in [0.1, 0.15) is 31.7 Å². The molecule has 0 spiro atoms. The summed E-state index contributed by atoms with van der Waals surface area (Å²) in [7, 11) is -3.67. The molecule has 4 N–H and O–H groups in total. The number of hydrogen-bond donors (Lipinski definition) is 2. The van der Waals surface area contributed by atoms with Gasteiger partial charge in [0.2, 0.25) is 10.0 Å². The number of hydrogen-bond acceptors (Lipinski definition) is 3. The number of aryl methyl sites for hydroxylation is 1. The van der Waals surface area contributed by atoms with Gasteiger partial charge in [-0.05, 0) is 30.5 Å². The summed E-state index contributed by atoms with van der Waals surface area (Å²) in [5.74, 6) is 0. The molecule has 16 heavy (non-hydrogen) atoms. The van der Waals surface area contributed by atoms with Gasteiger partial charge in [-0.15, -0.1) is 0 Å². The maximum atomic E-state index is 11.4. The van der Waals surface area contributed by atoms with Gasteiger partial charge in [-0.25, -0.2) is 13.6 Å². The van der Waals surface area contributed by atoms with E-state index in [9.17, 15) is 8.42 Å². The topological polar surface area (TPSA) is 86.2 Å². The first kappa shape index (κ1) is 13.0. The molecule has 1 aromatic carbocycles. The standard InChI is InChI=1S/C11H18N2O2S/c1-2-3-4-5-9-6-7-10(12)8-11(9)16(13,14)15/h6-8H,2-5,12H2,1H3,(H2,13,14,15). The summed E-state index contributed by atoms with van der Waals surface area (Å²) in [5.41, 5.74) is 6.73. The molecule has 1 rings (SSSR count). The molecule has 0 bridgehead atoms. The van der Waals surface area contributed by atoms with Gasteiger partial charge in [-0.1, -0.05) is 25.8 Å². The van der Waals surface area contributed by atoms with Crippen molar-refractivity contribution in [2.45, 2.75) is 37.5 Å². The van der Waals surface area contributed by atoms with E-state index in [-0.39, 0.29) is 4.90 Å². The first-order valence-electron chi connectivity index (χ1n) is 5.36. The van der Waals surface area contributed by atoms with Crippen LogP contribution < -0.4 is 10.9 Å². The van der Waals surface area contributed by atoms with Crippen LogP contribution in [0.2, 0.25) is 0 Å². The third kappa shape index (κ3) is 3.50. The van der Waals surface area contributed by atoms with Crippen molar-refractivity contribution in [1.29, 1.82) is 0 Å². The normalized spacial score (nSPS) is 11.6. The Balaban J connectivity index is 2.99. The summed E-state index contributed by atoms with van der Waals surface area (Å²) < 4.78 is 22.7. The fraction of sp³-hybridized carbons (Fsp3) is 0.455. The van der Waals surface area contributed by atoms with Gasteiger partial charge in [0, 0.05) is 5.69 Å². The van der Waals surface area contributed by atoms with Gasteiger partial charge < -0.3 is 5.73 Å². The first-order valence-corrected chi connectivity index (χ1v) is 6.91. The van der Waals surface area contributed by atoms with Gasteiger partial charge in [-0.2, -0.15) is 0 Å². The first-order chi connectivity index (χ1) is 7.45. The number of nitrogen functional groups attached to an aromatic ring is 1. The molecular weight excluding hydrogens is 224 g/mol. The van der Waals surface area contributed by atoms with E-state index in [1.54, 1.807) is 12.1 Å². The van der Waals surface area contributed by atoms with Gasteiger partial charge in [-0.3, -0.25) is 0 Å². The fourth-order valence-corrected chi connectivity index (χ4v) is 2.44. The molecule has 5 heteroatoms. The minimum atomic E-state index is -3.67. The number of benzene rings is 1. The van der Waals surface area contributed by atoms with Gasteiger partial charge in [0.1, 0.15) is 0 Å². The number of anilines is 1. The van der Waals surface area contributed by atoms with E-state index in [2.05, 4.69) is 6.92 Å². The monoisotopic (exact) mass is 242 g/mol. The van der Waals surface area contributed by atoms with Crippen LogP contribution in [0.25, 0.3) is 0 Å². The molecule has 0 aromatic heterocycles. The smallest absolute Gasteiger partial charge is 0.238 e. The quantitative estimate of drug-likeness (QED) is 0.608. The van der Waals surface area contributed by atoms with Crippen molar-refractivity contribution in [1.82, 2.24) is 0 Å². The molecule has 1 aromatic rings. The average Bonchev–Trinajstić information content (AvgIpc) is 2.19. The Morgan fingerprint density at radius 2 is 1.94 bits per heavy atom. The second kappa shape index (κ2) is 5.32. The summed E-state index contributed by atoms with van der Waals surface area (Å²) >= 11 is 0. The summed E-state index contributed by atoms with van der Waals surface area (Å²) in [6.45, 7) is 2.10. The molecular formula is C11H18N2O2S. The third-order valence-electron chi connectivity index (χ3n) is 2.45. The molecule has 90 valence electrons. The Kier molecular flexibility index (Phi) is 4.32. The summed E-state index contributed by atoms with van der Waals surface area (Å²) in [5, 5.41) is 5.15. The zero-order valence-corrected chi connectivity index (χ0v) is 10.3. The second-order valence-corrected chi connectivity index (χ2v) is 5.40. The Bertz CT molecular complexity index is 455. The number of rotatable bonds is 5. The number of nitrogens with two attached hydrogens (primary N) is 2. The van der Waals surface area contributed by atoms with Crippen molar-refractivity contribution < 1.29 is 8.42 Å². The molecule has 0 saturated carbocycles. The molecule has 0 amide bonds. The molecule has 0 heterocycles. The van der Waals surface area contributed by atoms with Crippen molar-refractivity contribution >= 4 is 15.7 Å². The predicted octanol–water partition coefficient (Wildman–Crippen LogP) is 1.65. The van der Waals surface area contributed by atoms with E-state index in [0.717, 1.165) is 31.2 Å². The minimum absolute atomic E-state index is 0.156. The Labute approximate surface area is 96.7 Å². The molecule has 0 fully saturated rings. The highest BCUT2D eigenvalue weighted by Gasteiger charge is 2.13. The molecule has 4 nitrogen and oxygen atoms in total. The lowest BCUT2D eigenvalue weighted by Crippen LogP contribution is -2.15. The lowest BCUT2D eigenvalue weighted by atomic mass is 10.1. The zero-order chi connectivity index (χ0) is 12.2. The molecule has 0 unspecified atom stereocenters. The maximum Gasteiger partial charge on any atom is 0.238 e. The Hall–Kier alpha value is -1.07. The van der Waals surface area contributed by atoms with Crippen LogP contribution >= 0.6 is 0 Å². The highest BCUT2D eigenvalue weighted by atomic mass is 32.2. The van der Waals surface area contributed by atoms with Crippen molar-refractivity contribution in [2.24, 2.45) is 5.14 Å². The molecule has 0 aliphatic heterocycles. The van der Waals surface area contributed by atoms with Gasteiger partial charge in [0.05, 0.1) is 4.90 Å². The van der Waals surface area contributed by atoms with Crippen molar-refractivity contribution in [3.8, 4) is 0 Å². The average molecular weight is 242 g/mol. The third-order valence-corrected chi connectivity index (χ3v) is 3.44. The molecule has 0 radical (unpaired) electrons. The summed E-state index contributed by atoms with van der Waals surface area (Å²) in [6.07, 6.45) is 3.86. The number of sulfonamides is 1. The number of primary sulfonamides is 1. The van der Waals surface area contributed by atoms with E-state index >= 15 is 0 Å². The van der Waals surface area contributed by atoms with Crippen LogP contribution in [0.4, 0.5) is 5.69 Å². The van der Waals surface area contributed by atoms with E-state index in [1.807, 2.05) is 0 Å². The molecule has 0 atom stereocenters. The number of unbranched alkanes of at least 4 members (excludes halogenated alkanes) is 2. The van der Waals surface area contributed by atoms with E-state index < -0.39 is 10.0 Å². The lowest BCUT2D eigenvalue weighted by molar-refractivity contribution is 0.595. The Morgan fingerprint density at radius 1 is 1.25 bits per heavy atom. The maximum absolute atomic E-state index is 11.4. The van der Waals surface area contributed by atoms with Crippen LogP contribution in [0.15, 0.2) is 23.1 Å². The highest BCUT2D eigenvalue weighted by Crippen LogP contribution is 2.20. The van der Waals surface area contributed by atoms with Gasteiger partial charge in [0.25, 0.3) is 0 Å². The zero-order valence-electron chi connectivity index (χ0n) is 9.44. The summed E-state index contributed by atoms with van der Waals surface area (Å²) in [4.78, 5) is 0.156. The van der Waals surface area contributed by atoms with Crippen LogP contribution in [0.3, 0.4) is 0 Å². The van der Waals surface area contributed by atoms with Crippen LogP contribution in [-0.4, -0.2) is 8.42 Å². The second-order valence-electron chi connectivity index (χ2n) is 3.87. The summed E-state index contributed by atoms with van der Waals surface area (Å²) in [6, 6.07) is 4.87. The van der Waals surface area contributed by atoms with Crippen LogP contribution in [0, 0.1) is 0 Å². The minimum Gasteiger partial charge on any atom is -0.399 e. The SMILES string of the molecule is CCCCCc1ccc(N)cc1S(N)(=O)=O. The molecule has 0 saturated heterocycles. The van der Waals surface area contributed by atoms with E-state index in [4.69, 9.17) is 10.9 Å². The van der Waals surface area contributed by atoms with Crippen LogP contribution in [0.5, 0.6) is 0 Å². The van der Waals surface area contributed by atoms with Crippen LogP contribution in [-0.2, 0) is 16.4 Å². The highest BCUT2D eigenvalue weighted by molar-refractivity contribution is 7.89. The fourth-order valence-electron chi connectivity index (χ4n) is 1.61. The van der Waals surface area contributed by atoms with Crippen molar-refractivity contribution in [2.75, 3.05) is 5.73 Å². The van der Waals surface area contributed by atoms with Crippen molar-refractivity contribution in [3.63, 3.8) is 0 Å². The Morgan fingerprint density at radius 3 is 2.50 bits per heavy atom. The van der Waals surface area contributed by atoms with Gasteiger partial charge >= 0.3 is 0 Å². The van der Waals surface area contributed by atoms with Gasteiger partial charge in [0.15, 0.2) is 0 Å². The molecule has 0 aliphatic carbocycles. The van der Waals surface area contributed by atoms with E-state index in [0.29, 0.717) is 5.69 Å². The molecule has 0 aliphatic rings. The van der Waals surface area contributed by atoms with E-state index in [1.165, 1.54) is 6.07 Å². The van der Waals surface area contributed by atoms with Crippen molar-refractivity contribution in [3.05, 3.63) is 23.8 Å².